The minimum Gasteiger partial charge on any atom is -0.497 e. The van der Waals surface area contributed by atoms with Crippen LogP contribution in [0.5, 0.6) is 5.75 Å². The van der Waals surface area contributed by atoms with Crippen molar-refractivity contribution in [2.45, 2.75) is 30.6 Å². The van der Waals surface area contributed by atoms with Crippen LogP contribution in [0.3, 0.4) is 0 Å². The van der Waals surface area contributed by atoms with Crippen LogP contribution in [-0.2, 0) is 16.1 Å². The van der Waals surface area contributed by atoms with Crippen molar-refractivity contribution < 1.29 is 19.1 Å². The first-order chi connectivity index (χ1) is 13.1. The molecule has 1 aromatic heterocycles. The lowest BCUT2D eigenvalue weighted by Gasteiger charge is -2.10. The number of benzene rings is 1. The third-order valence-electron chi connectivity index (χ3n) is 3.83. The van der Waals surface area contributed by atoms with E-state index in [1.165, 1.54) is 0 Å². The molecular weight excluding hydrogens is 372 g/mol. The predicted octanol–water partition coefficient (Wildman–Crippen LogP) is 1.30. The summed E-state index contributed by atoms with van der Waals surface area (Å²) in [7, 11) is 1.56. The monoisotopic (exact) mass is 392 g/mol. The number of hydrogen-bond donors (Lipinski definition) is 2. The average Bonchev–Trinajstić information content (AvgIpc) is 3.33. The lowest BCUT2D eigenvalue weighted by molar-refractivity contribution is -0.117. The first-order valence-electron chi connectivity index (χ1n) is 8.39. The minimum absolute atomic E-state index is 0.0158. The van der Waals surface area contributed by atoms with Crippen LogP contribution in [0, 0.1) is 0 Å². The average molecular weight is 392 g/mol. The second-order valence-corrected chi connectivity index (χ2v) is 6.74. The van der Waals surface area contributed by atoms with Gasteiger partial charge in [-0.15, -0.1) is 5.10 Å². The van der Waals surface area contributed by atoms with Gasteiger partial charge in [0.25, 0.3) is 0 Å². The fourth-order valence-electron chi connectivity index (χ4n) is 2.53. The number of nitrogens with zero attached hydrogens (tertiary/aromatic N) is 4. The number of hydrogen-bond acceptors (Lipinski definition) is 8. The van der Waals surface area contributed by atoms with Crippen molar-refractivity contribution in [1.29, 1.82) is 0 Å². The molecular formula is C16H20N6O4S. The van der Waals surface area contributed by atoms with Gasteiger partial charge in [-0.1, -0.05) is 11.8 Å². The standard InChI is InChI=1S/C16H20N6O4S/c1-25-12-6-4-11(5-7-12)17-15(24)18-14(23)10-27-16-19-20-21-22(16)9-13-3-2-8-26-13/h4-7,13H,2-3,8-10H2,1H3,(H2,17,18,23,24). The van der Waals surface area contributed by atoms with E-state index in [4.69, 9.17) is 9.47 Å². The molecule has 3 amide bonds. The highest BCUT2D eigenvalue weighted by Gasteiger charge is 2.19. The van der Waals surface area contributed by atoms with Crippen LogP contribution >= 0.6 is 11.8 Å². The maximum Gasteiger partial charge on any atom is 0.325 e. The Hall–Kier alpha value is -2.66. The highest BCUT2D eigenvalue weighted by atomic mass is 32.2. The maximum atomic E-state index is 12.0. The van der Waals surface area contributed by atoms with E-state index >= 15 is 0 Å². The van der Waals surface area contributed by atoms with E-state index in [0.29, 0.717) is 23.1 Å². The number of methoxy groups -OCH3 is 1. The Labute approximate surface area is 160 Å². The van der Waals surface area contributed by atoms with Crippen LogP contribution in [0.15, 0.2) is 29.4 Å². The van der Waals surface area contributed by atoms with E-state index in [1.54, 1.807) is 36.1 Å². The molecule has 3 rings (SSSR count). The smallest absolute Gasteiger partial charge is 0.325 e. The number of anilines is 1. The van der Waals surface area contributed by atoms with Gasteiger partial charge in [-0.3, -0.25) is 10.1 Å². The number of amides is 3. The summed E-state index contributed by atoms with van der Waals surface area (Å²) in [5.41, 5.74) is 0.550. The number of carbonyl (C=O) groups is 2. The van der Waals surface area contributed by atoms with Gasteiger partial charge >= 0.3 is 6.03 Å². The molecule has 1 aromatic carbocycles. The van der Waals surface area contributed by atoms with Crippen LogP contribution < -0.4 is 15.4 Å². The van der Waals surface area contributed by atoms with E-state index < -0.39 is 11.9 Å². The summed E-state index contributed by atoms with van der Waals surface area (Å²) in [5, 5.41) is 16.8. The van der Waals surface area contributed by atoms with E-state index in [9.17, 15) is 9.59 Å². The molecule has 1 fully saturated rings. The molecule has 2 N–H and O–H groups in total. The summed E-state index contributed by atoms with van der Waals surface area (Å²) < 4.78 is 12.2. The van der Waals surface area contributed by atoms with Gasteiger partial charge < -0.3 is 14.8 Å². The van der Waals surface area contributed by atoms with Crippen molar-refractivity contribution in [2.24, 2.45) is 0 Å². The summed E-state index contributed by atoms with van der Waals surface area (Å²) in [5.74, 6) is 0.244. The second-order valence-electron chi connectivity index (χ2n) is 5.80. The maximum absolute atomic E-state index is 12.0. The van der Waals surface area contributed by atoms with Crippen LogP contribution in [0.1, 0.15) is 12.8 Å². The van der Waals surface area contributed by atoms with Gasteiger partial charge in [0.15, 0.2) is 0 Å². The predicted molar refractivity (Wildman–Crippen MR) is 97.7 cm³/mol. The molecule has 2 aromatic rings. The third-order valence-corrected chi connectivity index (χ3v) is 4.79. The Balaban J connectivity index is 1.44. The first kappa shape index (κ1) is 19.1. The normalized spacial score (nSPS) is 16.1. The van der Waals surface area contributed by atoms with Gasteiger partial charge in [0.1, 0.15) is 5.75 Å². The molecule has 1 unspecified atom stereocenters. The quantitative estimate of drug-likeness (QED) is 0.677. The Bertz CT molecular complexity index is 775. The zero-order valence-electron chi connectivity index (χ0n) is 14.8. The van der Waals surface area contributed by atoms with Crippen molar-refractivity contribution >= 4 is 29.4 Å². The Morgan fingerprint density at radius 3 is 2.89 bits per heavy atom. The highest BCUT2D eigenvalue weighted by Crippen LogP contribution is 2.18. The summed E-state index contributed by atoms with van der Waals surface area (Å²) in [6, 6.07) is 6.17. The van der Waals surface area contributed by atoms with E-state index in [-0.39, 0.29) is 11.9 Å². The molecule has 0 bridgehead atoms. The van der Waals surface area contributed by atoms with Crippen LogP contribution in [0.25, 0.3) is 0 Å². The molecule has 0 saturated carbocycles. The molecule has 1 atom stereocenters. The molecule has 1 aliphatic heterocycles. The first-order valence-corrected chi connectivity index (χ1v) is 9.38. The summed E-state index contributed by atoms with van der Waals surface area (Å²) in [4.78, 5) is 23.9. The molecule has 1 aliphatic rings. The Morgan fingerprint density at radius 1 is 1.37 bits per heavy atom. The molecule has 11 heteroatoms. The number of rotatable bonds is 7. The molecule has 10 nitrogen and oxygen atoms in total. The molecule has 144 valence electrons. The van der Waals surface area contributed by atoms with Crippen LogP contribution in [0.4, 0.5) is 10.5 Å². The number of ether oxygens (including phenoxy) is 2. The van der Waals surface area contributed by atoms with Crippen molar-refractivity contribution in [3.63, 3.8) is 0 Å². The zero-order chi connectivity index (χ0) is 19.1. The lowest BCUT2D eigenvalue weighted by Crippen LogP contribution is -2.35. The van der Waals surface area contributed by atoms with Gasteiger partial charge in [0.05, 0.1) is 25.5 Å². The van der Waals surface area contributed by atoms with Crippen molar-refractivity contribution in [2.75, 3.05) is 24.8 Å². The van der Waals surface area contributed by atoms with Gasteiger partial charge in [0, 0.05) is 12.3 Å². The molecule has 2 heterocycles. The number of urea groups is 1. The second kappa shape index (κ2) is 9.33. The summed E-state index contributed by atoms with van der Waals surface area (Å²) in [6.07, 6.45) is 2.09. The zero-order valence-corrected chi connectivity index (χ0v) is 15.6. The molecule has 0 aliphatic carbocycles. The van der Waals surface area contributed by atoms with Gasteiger partial charge in [0.2, 0.25) is 11.1 Å². The fourth-order valence-corrected chi connectivity index (χ4v) is 3.21. The van der Waals surface area contributed by atoms with E-state index in [1.807, 2.05) is 0 Å². The van der Waals surface area contributed by atoms with Crippen molar-refractivity contribution in [1.82, 2.24) is 25.5 Å². The van der Waals surface area contributed by atoms with Gasteiger partial charge in [-0.2, -0.15) is 0 Å². The molecule has 0 radical (unpaired) electrons. The molecule has 27 heavy (non-hydrogen) atoms. The lowest BCUT2D eigenvalue weighted by atomic mass is 10.2. The summed E-state index contributed by atoms with van der Waals surface area (Å²) in [6.45, 7) is 1.30. The van der Waals surface area contributed by atoms with Gasteiger partial charge in [-0.05, 0) is 47.5 Å². The summed E-state index contributed by atoms with van der Waals surface area (Å²) >= 11 is 1.16. The number of imide groups is 1. The number of carbonyl (C=O) groups excluding carboxylic acids is 2. The fraction of sp³-hybridized carbons (Fsp3) is 0.438. The number of thioether (sulfide) groups is 1. The Morgan fingerprint density at radius 2 is 2.19 bits per heavy atom. The van der Waals surface area contributed by atoms with Crippen LogP contribution in [0.2, 0.25) is 0 Å². The van der Waals surface area contributed by atoms with E-state index in [0.717, 1.165) is 31.2 Å². The largest absolute Gasteiger partial charge is 0.497 e. The molecule has 0 spiro atoms. The van der Waals surface area contributed by atoms with E-state index in [2.05, 4.69) is 26.2 Å². The third kappa shape index (κ3) is 5.66. The number of nitrogens with one attached hydrogen (secondary N) is 2. The van der Waals surface area contributed by atoms with Crippen molar-refractivity contribution in [3.8, 4) is 5.75 Å². The molecule has 1 saturated heterocycles. The minimum atomic E-state index is -0.607. The SMILES string of the molecule is COc1ccc(NC(=O)NC(=O)CSc2nnnn2CC2CCCO2)cc1. The van der Waals surface area contributed by atoms with Gasteiger partial charge in [-0.25, -0.2) is 9.48 Å². The number of aromatic nitrogens is 4. The Kier molecular flexibility index (Phi) is 6.60. The van der Waals surface area contributed by atoms with Crippen LogP contribution in [-0.4, -0.2) is 57.7 Å². The van der Waals surface area contributed by atoms with Crippen molar-refractivity contribution in [3.05, 3.63) is 24.3 Å². The number of tetrazole rings is 1. The topological polar surface area (TPSA) is 120 Å². The highest BCUT2D eigenvalue weighted by molar-refractivity contribution is 7.99.